The van der Waals surface area contributed by atoms with Gasteiger partial charge in [-0.15, -0.1) is 0 Å². The third-order valence-corrected chi connectivity index (χ3v) is 14.1. The number of unbranched alkanes of at least 4 members (excludes halogenated alkanes) is 2. The minimum absolute atomic E-state index is 0.0686. The number of aryl methyl sites for hydroxylation is 1. The van der Waals surface area contributed by atoms with Gasteiger partial charge in [-0.2, -0.15) is 0 Å². The van der Waals surface area contributed by atoms with E-state index in [-0.39, 0.29) is 29.4 Å². The average molecular weight is 991 g/mol. The van der Waals surface area contributed by atoms with Gasteiger partial charge in [0.2, 0.25) is 23.6 Å². The molecular weight excluding hydrogens is 919 g/mol. The molecule has 2 unspecified atom stereocenters. The van der Waals surface area contributed by atoms with Crippen molar-refractivity contribution in [3.8, 4) is 11.1 Å². The van der Waals surface area contributed by atoms with Gasteiger partial charge in [-0.3, -0.25) is 33.6 Å². The monoisotopic (exact) mass is 991 g/mol. The third-order valence-electron chi connectivity index (χ3n) is 14.1. The Kier molecular flexibility index (Phi) is 19.6. The first-order chi connectivity index (χ1) is 33.6. The first-order valence-electron chi connectivity index (χ1n) is 24.3. The predicted molar refractivity (Wildman–Crippen MR) is 261 cm³/mol. The molecule has 6 rings (SSSR count). The van der Waals surface area contributed by atoms with Crippen molar-refractivity contribution in [2.24, 2.45) is 40.2 Å². The fourth-order valence-corrected chi connectivity index (χ4v) is 9.72. The molecule has 3 saturated carbocycles. The van der Waals surface area contributed by atoms with Gasteiger partial charge in [-0.1, -0.05) is 63.6 Å². The van der Waals surface area contributed by atoms with Crippen molar-refractivity contribution >= 4 is 54.5 Å². The Hall–Kier alpha value is -5.98. The molecule has 2 bridgehead atoms. The van der Waals surface area contributed by atoms with Crippen LogP contribution in [0, 0.1) is 17.3 Å². The van der Waals surface area contributed by atoms with E-state index in [2.05, 4.69) is 64.8 Å². The van der Waals surface area contributed by atoms with Crippen molar-refractivity contribution < 1.29 is 57.9 Å². The number of carboxylic acids is 2. The number of carbonyl (C=O) groups excluding carboxylic acids is 6. The Morgan fingerprint density at radius 2 is 1.32 bits per heavy atom. The maximum absolute atomic E-state index is 13.8. The van der Waals surface area contributed by atoms with Gasteiger partial charge in [0.25, 0.3) is 11.8 Å². The number of rotatable bonds is 27. The summed E-state index contributed by atoms with van der Waals surface area (Å²) in [6.07, 6.45) is 1.79. The zero-order chi connectivity index (χ0) is 52.2. The number of nitrogens with two attached hydrogens (primary N) is 4. The van der Waals surface area contributed by atoms with E-state index >= 15 is 0 Å². The molecule has 23 heteroatoms. The van der Waals surface area contributed by atoms with E-state index in [1.807, 2.05) is 19.1 Å². The zero-order valence-corrected chi connectivity index (χ0v) is 40.9. The van der Waals surface area contributed by atoms with E-state index in [9.17, 15) is 43.5 Å². The maximum atomic E-state index is 13.8. The molecule has 0 spiro atoms. The molecule has 71 heavy (non-hydrogen) atoms. The summed E-state index contributed by atoms with van der Waals surface area (Å²) in [5, 5.41) is 33.0. The van der Waals surface area contributed by atoms with Gasteiger partial charge >= 0.3 is 19.1 Å². The van der Waals surface area contributed by atoms with Crippen molar-refractivity contribution in [2.45, 2.75) is 146 Å². The second-order valence-corrected chi connectivity index (χ2v) is 19.5. The van der Waals surface area contributed by atoms with Crippen molar-refractivity contribution in [3.63, 3.8) is 0 Å². The van der Waals surface area contributed by atoms with Gasteiger partial charge in [-0.05, 0) is 111 Å². The molecule has 1 saturated heterocycles. The molecule has 2 aromatic rings. The number of benzene rings is 2. The number of carbonyl (C=O) groups is 8. The fraction of sp³-hybridized carbons (Fsp3) is 0.583. The van der Waals surface area contributed by atoms with Crippen LogP contribution in [0.5, 0.6) is 0 Å². The number of aliphatic carboxylic acids is 2. The van der Waals surface area contributed by atoms with Gasteiger partial charge in [0.05, 0.1) is 18.1 Å². The van der Waals surface area contributed by atoms with Crippen molar-refractivity contribution in [1.29, 1.82) is 0 Å². The highest BCUT2D eigenvalue weighted by Gasteiger charge is 2.68. The molecule has 4 fully saturated rings. The summed E-state index contributed by atoms with van der Waals surface area (Å²) in [5.41, 5.74) is 26.9. The summed E-state index contributed by atoms with van der Waals surface area (Å²) in [5.74, 6) is -7.83. The van der Waals surface area contributed by atoms with E-state index in [4.69, 9.17) is 37.3 Å². The van der Waals surface area contributed by atoms with E-state index in [1.165, 1.54) is 5.56 Å². The standard InChI is InChI=1S/C48H71BN10O12/c1-5-6-9-26-11-13-27(14-12-26)28-15-17-29(18-16-28)40(63)57-34(25-51)43(66)55-32(19-20-37(60)54-33(45(68)69)24-38(61)62)41(64)58-39(52)44(67)56-31(10-7-8-21-50)42(65)59-46(53)49-70-36-23-30-22-35(47(30,2)3)48(36,4)71-49/h11-18,30-36,39,46H,5-10,19-25,50-53H2,1-4H3,(H,54,60)(H,55,66)(H,56,67)(H,57,63)(H,58,64)(H,59,65)(H,61,62)(H,68,69)/t30-,31-,32?,33?,34-,35-,36+,39+,46+,48-/m0/s1. The van der Waals surface area contributed by atoms with Crippen LogP contribution in [0.25, 0.3) is 11.1 Å². The Morgan fingerprint density at radius 3 is 1.92 bits per heavy atom. The molecule has 22 nitrogen and oxygen atoms in total. The Balaban J connectivity index is 1.23. The van der Waals surface area contributed by atoms with E-state index < -0.39 is 122 Å². The van der Waals surface area contributed by atoms with E-state index in [0.29, 0.717) is 25.3 Å². The van der Waals surface area contributed by atoms with Crippen LogP contribution in [0.2, 0.25) is 0 Å². The van der Waals surface area contributed by atoms with Gasteiger partial charge in [-0.25, -0.2) is 4.79 Å². The highest BCUT2D eigenvalue weighted by Crippen LogP contribution is 2.65. The number of carboxylic acid groups (broad SMARTS) is 2. The van der Waals surface area contributed by atoms with Gasteiger partial charge < -0.3 is 74.4 Å². The van der Waals surface area contributed by atoms with E-state index in [0.717, 1.165) is 43.2 Å². The average Bonchev–Trinajstić information content (AvgIpc) is 3.70. The van der Waals surface area contributed by atoms with Crippen LogP contribution < -0.4 is 54.8 Å². The first kappa shape index (κ1) is 55.9. The molecule has 1 heterocycles. The molecule has 10 atom stereocenters. The summed E-state index contributed by atoms with van der Waals surface area (Å²) in [7, 11) is -0.963. The number of hydrogen-bond donors (Lipinski definition) is 12. The maximum Gasteiger partial charge on any atom is 0.497 e. The summed E-state index contributed by atoms with van der Waals surface area (Å²) >= 11 is 0. The summed E-state index contributed by atoms with van der Waals surface area (Å²) in [4.78, 5) is 104. The molecule has 1 aliphatic heterocycles. The highest BCUT2D eigenvalue weighted by atomic mass is 16.7. The Bertz CT molecular complexity index is 2240. The van der Waals surface area contributed by atoms with Crippen LogP contribution in [-0.4, -0.2) is 126 Å². The van der Waals surface area contributed by atoms with Crippen molar-refractivity contribution in [3.05, 3.63) is 59.7 Å². The van der Waals surface area contributed by atoms with Crippen LogP contribution in [0.15, 0.2) is 48.5 Å². The lowest BCUT2D eigenvalue weighted by atomic mass is 9.43. The summed E-state index contributed by atoms with van der Waals surface area (Å²) in [6, 6.07) is 7.53. The van der Waals surface area contributed by atoms with Crippen molar-refractivity contribution in [2.75, 3.05) is 13.1 Å². The minimum atomic E-state index is -1.84. The molecule has 3 aliphatic carbocycles. The molecule has 4 aliphatic rings. The molecule has 16 N–H and O–H groups in total. The smallest absolute Gasteiger partial charge is 0.481 e. The summed E-state index contributed by atoms with van der Waals surface area (Å²) in [6.45, 7) is 8.42. The topological polar surface area (TPSA) is 372 Å². The largest absolute Gasteiger partial charge is 0.497 e. The lowest BCUT2D eigenvalue weighted by Crippen LogP contribution is -2.65. The van der Waals surface area contributed by atoms with Crippen LogP contribution >= 0.6 is 0 Å². The SMILES string of the molecule is CCCCc1ccc(-c2ccc(C(=O)N[C@@H](CN)C(=O)NC(CCC(=O)NC(CC(=O)O)C(=O)O)C(=O)N[C@@H](N)C(=O)N[C@@H](CCCCN)C(=O)N[C@@H](N)B3O[C@@H]4C[C@@H]5C[C@@H](C5(C)C)[C@]4(C)O3)cc2)cc1. The lowest BCUT2D eigenvalue weighted by molar-refractivity contribution is -0.199. The van der Waals surface area contributed by atoms with Crippen LogP contribution in [0.1, 0.15) is 108 Å². The predicted octanol–water partition coefficient (Wildman–Crippen LogP) is -0.254. The molecule has 6 amide bonds. The first-order valence-corrected chi connectivity index (χ1v) is 24.3. The molecule has 0 radical (unpaired) electrons. The fourth-order valence-electron chi connectivity index (χ4n) is 9.72. The van der Waals surface area contributed by atoms with Gasteiger partial charge in [0.1, 0.15) is 30.2 Å². The minimum Gasteiger partial charge on any atom is -0.481 e. The van der Waals surface area contributed by atoms with Crippen LogP contribution in [0.4, 0.5) is 0 Å². The van der Waals surface area contributed by atoms with Gasteiger partial charge in [0.15, 0.2) is 6.17 Å². The highest BCUT2D eigenvalue weighted by molar-refractivity contribution is 6.47. The normalized spacial score (nSPS) is 22.1. The Labute approximate surface area is 413 Å². The quantitative estimate of drug-likeness (QED) is 0.0312. The number of nitrogens with one attached hydrogen (secondary N) is 6. The Morgan fingerprint density at radius 1 is 0.718 bits per heavy atom. The zero-order valence-electron chi connectivity index (χ0n) is 40.9. The van der Waals surface area contributed by atoms with Gasteiger partial charge in [0, 0.05) is 18.5 Å². The molecular formula is C48H71BN10O12. The number of hydrogen-bond acceptors (Lipinski definition) is 14. The second-order valence-electron chi connectivity index (χ2n) is 19.5. The third kappa shape index (κ3) is 14.3. The van der Waals surface area contributed by atoms with Crippen LogP contribution in [-0.2, 0) is 49.3 Å². The molecule has 388 valence electrons. The lowest BCUT2D eigenvalue weighted by Gasteiger charge is -2.64. The van der Waals surface area contributed by atoms with E-state index in [1.54, 1.807) is 24.3 Å². The number of amides is 6. The summed E-state index contributed by atoms with van der Waals surface area (Å²) < 4.78 is 12.6. The van der Waals surface area contributed by atoms with Crippen LogP contribution in [0.3, 0.4) is 0 Å². The second kappa shape index (κ2) is 24.9. The molecule has 0 aromatic heterocycles. The molecule has 2 aromatic carbocycles. The van der Waals surface area contributed by atoms with Crippen molar-refractivity contribution in [1.82, 2.24) is 31.9 Å².